The molecule has 1 unspecified atom stereocenters. The van der Waals surface area contributed by atoms with E-state index in [9.17, 15) is 5.11 Å². The summed E-state index contributed by atoms with van der Waals surface area (Å²) in [6, 6.07) is 10.00. The van der Waals surface area contributed by atoms with Crippen molar-refractivity contribution in [1.29, 1.82) is 0 Å². The van der Waals surface area contributed by atoms with Crippen LogP contribution >= 0.6 is 0 Å². The largest absolute Gasteiger partial charge is 0.388 e. The van der Waals surface area contributed by atoms with Crippen molar-refractivity contribution in [3.8, 4) is 0 Å². The number of hydrogen-bond donors (Lipinski definition) is 2. The van der Waals surface area contributed by atoms with Gasteiger partial charge in [-0.25, -0.2) is 0 Å². The van der Waals surface area contributed by atoms with Crippen LogP contribution in [0.25, 0.3) is 0 Å². The van der Waals surface area contributed by atoms with Crippen LogP contribution in [0.3, 0.4) is 0 Å². The third-order valence-corrected chi connectivity index (χ3v) is 4.20. The quantitative estimate of drug-likeness (QED) is 0.876. The second-order valence-corrected chi connectivity index (χ2v) is 6.00. The van der Waals surface area contributed by atoms with Gasteiger partial charge in [0.1, 0.15) is 0 Å². The average molecular weight is 286 g/mol. The van der Waals surface area contributed by atoms with E-state index in [-0.39, 0.29) is 0 Å². The molecule has 5 nitrogen and oxygen atoms in total. The average Bonchev–Trinajstić information content (AvgIpc) is 3.09. The molecule has 1 aliphatic rings. The topological polar surface area (TPSA) is 77.0 Å². The van der Waals surface area contributed by atoms with E-state index in [1.807, 2.05) is 41.2 Å². The Morgan fingerprint density at radius 3 is 2.81 bits per heavy atom. The number of nitrogens with two attached hydrogens (primary N) is 1. The van der Waals surface area contributed by atoms with Crippen molar-refractivity contribution in [1.82, 2.24) is 15.0 Å². The molecule has 0 radical (unpaired) electrons. The summed E-state index contributed by atoms with van der Waals surface area (Å²) in [7, 11) is 0. The van der Waals surface area contributed by atoms with Gasteiger partial charge in [0, 0.05) is 25.2 Å². The van der Waals surface area contributed by atoms with Crippen molar-refractivity contribution in [3.05, 3.63) is 47.8 Å². The van der Waals surface area contributed by atoms with Crippen molar-refractivity contribution in [2.75, 3.05) is 0 Å². The van der Waals surface area contributed by atoms with Gasteiger partial charge in [-0.2, -0.15) is 0 Å². The predicted molar refractivity (Wildman–Crippen MR) is 80.4 cm³/mol. The van der Waals surface area contributed by atoms with Crippen LogP contribution in [-0.4, -0.2) is 26.1 Å². The van der Waals surface area contributed by atoms with Gasteiger partial charge in [0.25, 0.3) is 0 Å². The van der Waals surface area contributed by atoms with Crippen LogP contribution in [0.4, 0.5) is 0 Å². The van der Waals surface area contributed by atoms with Crippen molar-refractivity contribution < 1.29 is 5.11 Å². The first kappa shape index (κ1) is 14.2. The van der Waals surface area contributed by atoms with Crippen LogP contribution in [0.1, 0.15) is 36.6 Å². The number of aliphatic hydroxyl groups is 1. The summed E-state index contributed by atoms with van der Waals surface area (Å²) in [5, 5.41) is 18.5. The first-order chi connectivity index (χ1) is 10.2. The van der Waals surface area contributed by atoms with Crippen LogP contribution in [0.15, 0.2) is 36.5 Å². The van der Waals surface area contributed by atoms with Gasteiger partial charge in [-0.05, 0) is 30.7 Å². The highest BCUT2D eigenvalue weighted by molar-refractivity contribution is 5.18. The van der Waals surface area contributed by atoms with E-state index in [2.05, 4.69) is 10.3 Å². The maximum atomic E-state index is 10.2. The molecule has 1 heterocycles. The smallest absolute Gasteiger partial charge is 0.0856 e. The third-order valence-electron chi connectivity index (χ3n) is 4.20. The molecule has 1 aromatic heterocycles. The highest BCUT2D eigenvalue weighted by Gasteiger charge is 2.22. The van der Waals surface area contributed by atoms with E-state index in [1.165, 1.54) is 6.42 Å². The van der Waals surface area contributed by atoms with E-state index >= 15 is 0 Å². The Balaban J connectivity index is 1.57. The maximum Gasteiger partial charge on any atom is 0.0856 e. The van der Waals surface area contributed by atoms with Gasteiger partial charge < -0.3 is 10.8 Å². The van der Waals surface area contributed by atoms with Gasteiger partial charge >= 0.3 is 0 Å². The summed E-state index contributed by atoms with van der Waals surface area (Å²) in [6.07, 6.45) is 5.25. The number of nitrogens with zero attached hydrogens (tertiary/aromatic N) is 3. The van der Waals surface area contributed by atoms with E-state index in [0.29, 0.717) is 18.4 Å². The lowest BCUT2D eigenvalue weighted by atomic mass is 10.1. The molecule has 3 N–H and O–H groups in total. The highest BCUT2D eigenvalue weighted by atomic mass is 16.3. The Bertz CT molecular complexity index is 569. The maximum absolute atomic E-state index is 10.2. The lowest BCUT2D eigenvalue weighted by Gasteiger charge is -2.09. The monoisotopic (exact) mass is 286 g/mol. The van der Waals surface area contributed by atoms with Crippen LogP contribution in [0.5, 0.6) is 0 Å². The number of rotatable bonds is 5. The van der Waals surface area contributed by atoms with E-state index in [1.54, 1.807) is 0 Å². The van der Waals surface area contributed by atoms with Gasteiger partial charge in [0.2, 0.25) is 0 Å². The summed E-state index contributed by atoms with van der Waals surface area (Å²) < 4.78 is 1.88. The fourth-order valence-corrected chi connectivity index (χ4v) is 3.06. The normalized spacial score (nSPS) is 23.3. The van der Waals surface area contributed by atoms with Crippen molar-refractivity contribution in [2.24, 2.45) is 11.7 Å². The molecule has 1 fully saturated rings. The van der Waals surface area contributed by atoms with Gasteiger partial charge in [-0.1, -0.05) is 35.5 Å². The number of aliphatic hydroxyl groups excluding tert-OH is 1. The van der Waals surface area contributed by atoms with Crippen molar-refractivity contribution >= 4 is 0 Å². The molecule has 2 aromatic rings. The molecule has 112 valence electrons. The molecule has 0 saturated heterocycles. The zero-order valence-corrected chi connectivity index (χ0v) is 12.1. The lowest BCUT2D eigenvalue weighted by molar-refractivity contribution is 0.177. The zero-order valence-electron chi connectivity index (χ0n) is 12.1. The molecule has 1 aliphatic carbocycles. The molecule has 0 aliphatic heterocycles. The Morgan fingerprint density at radius 1 is 1.29 bits per heavy atom. The third kappa shape index (κ3) is 3.68. The van der Waals surface area contributed by atoms with Gasteiger partial charge in [-0.3, -0.25) is 4.68 Å². The van der Waals surface area contributed by atoms with Gasteiger partial charge in [0.05, 0.1) is 11.8 Å². The molecule has 3 rings (SSSR count). The van der Waals surface area contributed by atoms with Crippen LogP contribution in [0, 0.1) is 5.92 Å². The zero-order chi connectivity index (χ0) is 14.7. The molecule has 3 atom stereocenters. The fraction of sp³-hybridized carbons (Fsp3) is 0.500. The number of benzene rings is 1. The van der Waals surface area contributed by atoms with Crippen molar-refractivity contribution in [3.63, 3.8) is 0 Å². The van der Waals surface area contributed by atoms with Crippen molar-refractivity contribution in [2.45, 2.75) is 44.4 Å². The second kappa shape index (κ2) is 6.37. The van der Waals surface area contributed by atoms with E-state index < -0.39 is 6.10 Å². The van der Waals surface area contributed by atoms with Crippen LogP contribution in [0.2, 0.25) is 0 Å². The minimum absolute atomic E-state index is 0.345. The molecule has 1 aromatic carbocycles. The molecule has 5 heteroatoms. The number of hydrogen-bond acceptors (Lipinski definition) is 4. The summed E-state index contributed by atoms with van der Waals surface area (Å²) in [4.78, 5) is 0. The number of aromatic nitrogens is 3. The predicted octanol–water partition coefficient (Wildman–Crippen LogP) is 1.68. The van der Waals surface area contributed by atoms with Crippen LogP contribution in [-0.2, 0) is 13.0 Å². The standard InChI is InChI=1S/C16H22N4O/c17-14-7-6-12(8-14)10-20-11-15(18-19-20)9-16(21)13-4-2-1-3-5-13/h1-5,11-12,14,16,21H,6-10,17H2/t12-,14+,16?/m0/s1. The summed E-state index contributed by atoms with van der Waals surface area (Å²) in [5.74, 6) is 0.605. The summed E-state index contributed by atoms with van der Waals surface area (Å²) in [5.41, 5.74) is 7.67. The Labute approximate surface area is 124 Å². The molecule has 21 heavy (non-hydrogen) atoms. The second-order valence-electron chi connectivity index (χ2n) is 6.00. The fourth-order valence-electron chi connectivity index (χ4n) is 3.06. The minimum Gasteiger partial charge on any atom is -0.388 e. The first-order valence-corrected chi connectivity index (χ1v) is 7.58. The summed E-state index contributed by atoms with van der Waals surface area (Å²) >= 11 is 0. The molecular weight excluding hydrogens is 264 g/mol. The Kier molecular flexibility index (Phi) is 4.31. The van der Waals surface area contributed by atoms with E-state index in [4.69, 9.17) is 5.73 Å². The SMILES string of the molecule is N[C@@H]1CC[C@H](Cn2cc(CC(O)c3ccccc3)nn2)C1. The first-order valence-electron chi connectivity index (χ1n) is 7.58. The van der Waals surface area contributed by atoms with Gasteiger partial charge in [-0.15, -0.1) is 5.10 Å². The minimum atomic E-state index is -0.531. The molecule has 1 saturated carbocycles. The Hall–Kier alpha value is -1.72. The lowest BCUT2D eigenvalue weighted by Crippen LogP contribution is -2.16. The summed E-state index contributed by atoms with van der Waals surface area (Å²) in [6.45, 7) is 0.877. The molecule has 0 amide bonds. The Morgan fingerprint density at radius 2 is 2.10 bits per heavy atom. The highest BCUT2D eigenvalue weighted by Crippen LogP contribution is 2.25. The molecule has 0 bridgehead atoms. The molecule has 0 spiro atoms. The molecular formula is C16H22N4O. The van der Waals surface area contributed by atoms with E-state index in [0.717, 1.165) is 30.6 Å². The van der Waals surface area contributed by atoms with Gasteiger partial charge in [0.15, 0.2) is 0 Å². The van der Waals surface area contributed by atoms with Crippen LogP contribution < -0.4 is 5.73 Å².